The number of hydrogen-bond acceptors (Lipinski definition) is 5. The van der Waals surface area contributed by atoms with Crippen molar-refractivity contribution in [2.45, 2.75) is 6.42 Å². The summed E-state index contributed by atoms with van der Waals surface area (Å²) in [5.41, 5.74) is 4.64. The standard InChI is InChI=1S/C23H17N5O2S/c29-21-10-9-19(26-27-21)16-7-4-8-17(11-16)24-22(30)12-18-14-31-23-25-20(13-28(18)23)15-5-2-1-3-6-15/h1-11,13-14H,12H2,(H,24,30)(H,27,29). The number of benzene rings is 2. The van der Waals surface area contributed by atoms with Crippen molar-refractivity contribution >= 4 is 27.9 Å². The summed E-state index contributed by atoms with van der Waals surface area (Å²) in [6.07, 6.45) is 2.19. The van der Waals surface area contributed by atoms with Crippen LogP contribution in [0.3, 0.4) is 0 Å². The van der Waals surface area contributed by atoms with Crippen LogP contribution in [-0.2, 0) is 11.2 Å². The lowest BCUT2D eigenvalue weighted by Gasteiger charge is -2.07. The molecule has 2 aromatic carbocycles. The van der Waals surface area contributed by atoms with Crippen LogP contribution in [0.25, 0.3) is 27.5 Å². The van der Waals surface area contributed by atoms with Crippen molar-refractivity contribution in [1.29, 1.82) is 0 Å². The number of nitrogens with one attached hydrogen (secondary N) is 2. The second-order valence-electron chi connectivity index (χ2n) is 6.98. The highest BCUT2D eigenvalue weighted by Gasteiger charge is 2.13. The van der Waals surface area contributed by atoms with Crippen LogP contribution >= 0.6 is 11.3 Å². The maximum absolute atomic E-state index is 12.7. The smallest absolute Gasteiger partial charge is 0.264 e. The molecule has 5 aromatic rings. The summed E-state index contributed by atoms with van der Waals surface area (Å²) in [6, 6.07) is 20.4. The number of nitrogens with zero attached hydrogens (tertiary/aromatic N) is 3. The number of aromatic amines is 1. The minimum Gasteiger partial charge on any atom is -0.326 e. The highest BCUT2D eigenvalue weighted by atomic mass is 32.1. The van der Waals surface area contributed by atoms with E-state index in [2.05, 4.69) is 20.5 Å². The third-order valence-electron chi connectivity index (χ3n) is 4.82. The molecule has 0 radical (unpaired) electrons. The van der Waals surface area contributed by atoms with Crippen molar-refractivity contribution in [2.75, 3.05) is 5.32 Å². The first-order valence-corrected chi connectivity index (χ1v) is 10.5. The summed E-state index contributed by atoms with van der Waals surface area (Å²) in [4.78, 5) is 29.4. The van der Waals surface area contributed by atoms with Gasteiger partial charge in [0.25, 0.3) is 5.56 Å². The zero-order chi connectivity index (χ0) is 21.2. The number of imidazole rings is 1. The number of H-pyrrole nitrogens is 1. The topological polar surface area (TPSA) is 92.2 Å². The molecule has 0 aliphatic carbocycles. The lowest BCUT2D eigenvalue weighted by atomic mass is 10.1. The number of amides is 1. The van der Waals surface area contributed by atoms with Crippen molar-refractivity contribution in [2.24, 2.45) is 0 Å². The molecule has 0 saturated heterocycles. The second-order valence-corrected chi connectivity index (χ2v) is 7.82. The van der Waals surface area contributed by atoms with Crippen LogP contribution in [0.2, 0.25) is 0 Å². The molecule has 8 heteroatoms. The number of carbonyl (C=O) groups is 1. The highest BCUT2D eigenvalue weighted by molar-refractivity contribution is 7.15. The van der Waals surface area contributed by atoms with Crippen LogP contribution in [0.15, 0.2) is 83.1 Å². The molecule has 3 aromatic heterocycles. The summed E-state index contributed by atoms with van der Waals surface area (Å²) in [5, 5.41) is 11.3. The summed E-state index contributed by atoms with van der Waals surface area (Å²) in [7, 11) is 0. The molecule has 3 heterocycles. The summed E-state index contributed by atoms with van der Waals surface area (Å²) in [5.74, 6) is -0.124. The Balaban J connectivity index is 1.33. The Morgan fingerprint density at radius 1 is 1.00 bits per heavy atom. The number of aromatic nitrogens is 4. The van der Waals surface area contributed by atoms with Gasteiger partial charge in [-0.2, -0.15) is 5.10 Å². The van der Waals surface area contributed by atoms with Crippen molar-refractivity contribution < 1.29 is 4.79 Å². The monoisotopic (exact) mass is 427 g/mol. The van der Waals surface area contributed by atoms with Gasteiger partial charge in [0.05, 0.1) is 17.8 Å². The van der Waals surface area contributed by atoms with Gasteiger partial charge in [-0.3, -0.25) is 14.0 Å². The van der Waals surface area contributed by atoms with E-state index in [0.717, 1.165) is 27.5 Å². The average Bonchev–Trinajstić information content (AvgIpc) is 3.37. The Bertz CT molecular complexity index is 1410. The molecule has 1 amide bonds. The number of carbonyl (C=O) groups excluding carboxylic acids is 1. The maximum Gasteiger partial charge on any atom is 0.264 e. The van der Waals surface area contributed by atoms with Crippen LogP contribution in [0.1, 0.15) is 5.69 Å². The molecule has 0 fully saturated rings. The van der Waals surface area contributed by atoms with E-state index in [-0.39, 0.29) is 17.9 Å². The van der Waals surface area contributed by atoms with Crippen molar-refractivity contribution in [3.05, 3.63) is 94.4 Å². The van der Waals surface area contributed by atoms with Crippen LogP contribution in [0.4, 0.5) is 5.69 Å². The normalized spacial score (nSPS) is 11.0. The van der Waals surface area contributed by atoms with Gasteiger partial charge in [-0.15, -0.1) is 11.3 Å². The van der Waals surface area contributed by atoms with Gasteiger partial charge in [0.1, 0.15) is 0 Å². The van der Waals surface area contributed by atoms with Gasteiger partial charge in [0.2, 0.25) is 5.91 Å². The molecule has 0 bridgehead atoms. The number of anilines is 1. The molecule has 2 N–H and O–H groups in total. The molecule has 152 valence electrons. The molecule has 0 aliphatic heterocycles. The maximum atomic E-state index is 12.7. The average molecular weight is 427 g/mol. The van der Waals surface area contributed by atoms with E-state index in [9.17, 15) is 9.59 Å². The quantitative estimate of drug-likeness (QED) is 0.444. The highest BCUT2D eigenvalue weighted by Crippen LogP contribution is 2.24. The van der Waals surface area contributed by atoms with Gasteiger partial charge in [-0.1, -0.05) is 42.5 Å². The zero-order valence-electron chi connectivity index (χ0n) is 16.3. The minimum absolute atomic E-state index is 0.124. The fraction of sp³-hybridized carbons (Fsp3) is 0.0435. The lowest BCUT2D eigenvalue weighted by molar-refractivity contribution is -0.115. The third-order valence-corrected chi connectivity index (χ3v) is 5.70. The molecular formula is C23H17N5O2S. The van der Waals surface area contributed by atoms with Gasteiger partial charge in [-0.05, 0) is 18.2 Å². The number of thiazole rings is 1. The van der Waals surface area contributed by atoms with Crippen molar-refractivity contribution in [3.63, 3.8) is 0 Å². The van der Waals surface area contributed by atoms with Gasteiger partial charge < -0.3 is 5.32 Å². The van der Waals surface area contributed by atoms with E-state index in [1.807, 2.05) is 70.6 Å². The zero-order valence-corrected chi connectivity index (χ0v) is 17.1. The van der Waals surface area contributed by atoms with Gasteiger partial charge in [0, 0.05) is 40.2 Å². The van der Waals surface area contributed by atoms with E-state index in [0.29, 0.717) is 11.4 Å². The fourth-order valence-electron chi connectivity index (χ4n) is 3.34. The summed E-state index contributed by atoms with van der Waals surface area (Å²) >= 11 is 1.51. The van der Waals surface area contributed by atoms with Gasteiger partial charge in [-0.25, -0.2) is 10.1 Å². The molecule has 31 heavy (non-hydrogen) atoms. The van der Waals surface area contributed by atoms with Crippen LogP contribution < -0.4 is 10.9 Å². The SMILES string of the molecule is O=C(Cc1csc2nc(-c3ccccc3)cn12)Nc1cccc(-c2ccc(=O)[nH]n2)c1. The molecule has 0 unspecified atom stereocenters. The minimum atomic E-state index is -0.259. The van der Waals surface area contributed by atoms with Crippen LogP contribution in [0.5, 0.6) is 0 Å². The molecule has 7 nitrogen and oxygen atoms in total. The Labute approximate surface area is 181 Å². The molecule has 0 atom stereocenters. The predicted octanol–water partition coefficient (Wildman–Crippen LogP) is 3.99. The Morgan fingerprint density at radius 3 is 2.65 bits per heavy atom. The number of hydrogen-bond donors (Lipinski definition) is 2. The van der Waals surface area contributed by atoms with Crippen LogP contribution in [0, 0.1) is 0 Å². The first kappa shape index (κ1) is 19.0. The van der Waals surface area contributed by atoms with Crippen molar-refractivity contribution in [3.8, 4) is 22.5 Å². The molecule has 5 rings (SSSR count). The lowest BCUT2D eigenvalue weighted by Crippen LogP contribution is -2.15. The first-order valence-electron chi connectivity index (χ1n) is 9.63. The van der Waals surface area contributed by atoms with E-state index in [4.69, 9.17) is 0 Å². The van der Waals surface area contributed by atoms with Gasteiger partial charge in [0.15, 0.2) is 4.96 Å². The molecule has 0 aliphatic rings. The fourth-order valence-corrected chi connectivity index (χ4v) is 4.21. The molecular weight excluding hydrogens is 410 g/mol. The van der Waals surface area contributed by atoms with Gasteiger partial charge >= 0.3 is 0 Å². The summed E-state index contributed by atoms with van der Waals surface area (Å²) < 4.78 is 1.97. The van der Waals surface area contributed by atoms with Crippen LogP contribution in [-0.4, -0.2) is 25.5 Å². The number of fused-ring (bicyclic) bond motifs is 1. The van der Waals surface area contributed by atoms with E-state index in [1.54, 1.807) is 6.07 Å². The predicted molar refractivity (Wildman–Crippen MR) is 121 cm³/mol. The Morgan fingerprint density at radius 2 is 1.84 bits per heavy atom. The Kier molecular flexibility index (Phi) is 4.89. The number of rotatable bonds is 5. The Hall–Kier alpha value is -4.04. The molecule has 0 saturated carbocycles. The van der Waals surface area contributed by atoms with E-state index in [1.165, 1.54) is 17.4 Å². The van der Waals surface area contributed by atoms with E-state index >= 15 is 0 Å². The van der Waals surface area contributed by atoms with E-state index < -0.39 is 0 Å². The first-order chi connectivity index (χ1) is 15.2. The molecule has 0 spiro atoms. The summed E-state index contributed by atoms with van der Waals surface area (Å²) in [6.45, 7) is 0. The largest absolute Gasteiger partial charge is 0.326 e. The third kappa shape index (κ3) is 4.01. The van der Waals surface area contributed by atoms with Crippen molar-refractivity contribution in [1.82, 2.24) is 19.6 Å². The second kappa shape index (κ2) is 8.00.